The Balaban J connectivity index is 1.62. The van der Waals surface area contributed by atoms with Gasteiger partial charge in [-0.25, -0.2) is 0 Å². The van der Waals surface area contributed by atoms with Crippen molar-refractivity contribution in [3.63, 3.8) is 0 Å². The van der Waals surface area contributed by atoms with Crippen LogP contribution in [0.1, 0.15) is 39.0 Å². The molecule has 2 aliphatic carbocycles. The maximum Gasteiger partial charge on any atom is 0.173 e. The van der Waals surface area contributed by atoms with E-state index >= 15 is 0 Å². The second kappa shape index (κ2) is 6.92. The van der Waals surface area contributed by atoms with Gasteiger partial charge in [-0.05, 0) is 43.9 Å². The minimum Gasteiger partial charge on any atom is -0.390 e. The van der Waals surface area contributed by atoms with Crippen LogP contribution < -0.4 is 17.2 Å². The van der Waals surface area contributed by atoms with E-state index in [1.165, 1.54) is 0 Å². The van der Waals surface area contributed by atoms with E-state index in [-0.39, 0.29) is 30.1 Å². The lowest BCUT2D eigenvalue weighted by Gasteiger charge is -2.44. The van der Waals surface area contributed by atoms with Crippen LogP contribution in [0.5, 0.6) is 0 Å². The first-order chi connectivity index (χ1) is 10.9. The summed E-state index contributed by atoms with van der Waals surface area (Å²) < 4.78 is 11.9. The minimum atomic E-state index is -1.03. The topological polar surface area (TPSA) is 137 Å². The highest BCUT2D eigenvalue weighted by Gasteiger charge is 2.45. The molecule has 1 saturated heterocycles. The summed E-state index contributed by atoms with van der Waals surface area (Å²) in [4.78, 5) is 0. The maximum absolute atomic E-state index is 10.3. The number of hydrogen-bond donors (Lipinski definition) is 5. The van der Waals surface area contributed by atoms with Gasteiger partial charge >= 0.3 is 0 Å². The van der Waals surface area contributed by atoms with Gasteiger partial charge in [0.05, 0.1) is 18.2 Å². The van der Waals surface area contributed by atoms with Crippen LogP contribution in [0.2, 0.25) is 0 Å². The van der Waals surface area contributed by atoms with E-state index in [4.69, 9.17) is 26.7 Å². The Morgan fingerprint density at radius 1 is 1.04 bits per heavy atom. The zero-order chi connectivity index (χ0) is 16.7. The smallest absolute Gasteiger partial charge is 0.173 e. The van der Waals surface area contributed by atoms with Crippen LogP contribution in [0.15, 0.2) is 0 Å². The van der Waals surface area contributed by atoms with Crippen LogP contribution in [-0.2, 0) is 9.47 Å². The van der Waals surface area contributed by atoms with Gasteiger partial charge in [0.2, 0.25) is 0 Å². The lowest BCUT2D eigenvalue weighted by atomic mass is 9.81. The van der Waals surface area contributed by atoms with E-state index in [1.807, 2.05) is 6.92 Å². The molecule has 0 aromatic carbocycles. The molecule has 1 heterocycles. The van der Waals surface area contributed by atoms with Gasteiger partial charge in [0.25, 0.3) is 0 Å². The zero-order valence-corrected chi connectivity index (χ0v) is 13.8. The van der Waals surface area contributed by atoms with Crippen molar-refractivity contribution in [2.45, 2.75) is 87.9 Å². The summed E-state index contributed by atoms with van der Waals surface area (Å²) in [6.45, 7) is 1.87. The second-order valence-corrected chi connectivity index (χ2v) is 7.66. The van der Waals surface area contributed by atoms with E-state index in [2.05, 4.69) is 0 Å². The fourth-order valence-corrected chi connectivity index (χ4v) is 3.86. The van der Waals surface area contributed by atoms with E-state index in [0.29, 0.717) is 12.3 Å². The van der Waals surface area contributed by atoms with Gasteiger partial charge in [-0.1, -0.05) is 6.92 Å². The normalized spacial score (nSPS) is 49.8. The lowest BCUT2D eigenvalue weighted by Crippen LogP contribution is -2.61. The SMILES string of the molecule is C[C@@H]1C[C@H](N)[C@@H](O[C@H]2O[C@H]([C@H](N)C3CC3)CC[C@H]2N)[C@H](O)[C@H]1O. The fourth-order valence-electron chi connectivity index (χ4n) is 3.86. The van der Waals surface area contributed by atoms with E-state index in [1.54, 1.807) is 0 Å². The van der Waals surface area contributed by atoms with Gasteiger partial charge in [-0.15, -0.1) is 0 Å². The van der Waals surface area contributed by atoms with Crippen molar-refractivity contribution < 1.29 is 19.7 Å². The Bertz CT molecular complexity index is 409. The summed E-state index contributed by atoms with van der Waals surface area (Å²) >= 11 is 0. The van der Waals surface area contributed by atoms with Crippen LogP contribution in [0.25, 0.3) is 0 Å². The molecule has 0 radical (unpaired) electrons. The summed E-state index contributed by atoms with van der Waals surface area (Å²) in [5.41, 5.74) is 18.5. The minimum absolute atomic E-state index is 0.0177. The van der Waals surface area contributed by atoms with Gasteiger partial charge in [-0.3, -0.25) is 0 Å². The van der Waals surface area contributed by atoms with Gasteiger partial charge in [0.1, 0.15) is 12.2 Å². The maximum atomic E-state index is 10.3. The Hall–Kier alpha value is -0.280. The van der Waals surface area contributed by atoms with Gasteiger partial charge in [0.15, 0.2) is 6.29 Å². The first-order valence-corrected chi connectivity index (χ1v) is 8.82. The number of hydrogen-bond acceptors (Lipinski definition) is 7. The first-order valence-electron chi connectivity index (χ1n) is 8.82. The number of nitrogens with two attached hydrogens (primary N) is 3. The summed E-state index contributed by atoms with van der Waals surface area (Å²) in [5, 5.41) is 20.4. The molecule has 0 unspecified atom stereocenters. The molecule has 3 aliphatic rings. The molecule has 134 valence electrons. The van der Waals surface area contributed by atoms with Crippen LogP contribution in [-0.4, -0.2) is 59.0 Å². The number of aliphatic hydroxyl groups excluding tert-OH is 2. The van der Waals surface area contributed by atoms with Crippen molar-refractivity contribution in [2.24, 2.45) is 29.0 Å². The molecule has 7 heteroatoms. The third-order valence-corrected chi connectivity index (χ3v) is 5.67. The molecule has 0 amide bonds. The molecule has 23 heavy (non-hydrogen) atoms. The highest BCUT2D eigenvalue weighted by atomic mass is 16.7. The van der Waals surface area contributed by atoms with Crippen molar-refractivity contribution in [2.75, 3.05) is 0 Å². The second-order valence-electron chi connectivity index (χ2n) is 7.66. The number of ether oxygens (including phenoxy) is 2. The van der Waals surface area contributed by atoms with E-state index in [0.717, 1.165) is 25.7 Å². The predicted octanol–water partition coefficient (Wildman–Crippen LogP) is -0.970. The molecule has 8 N–H and O–H groups in total. The Kier molecular flexibility index (Phi) is 5.27. The fraction of sp³-hybridized carbons (Fsp3) is 1.00. The van der Waals surface area contributed by atoms with Crippen LogP contribution in [0.4, 0.5) is 0 Å². The van der Waals surface area contributed by atoms with Crippen molar-refractivity contribution in [1.29, 1.82) is 0 Å². The molecule has 3 rings (SSSR count). The highest BCUT2D eigenvalue weighted by molar-refractivity contribution is 4.96. The monoisotopic (exact) mass is 329 g/mol. The number of aliphatic hydroxyl groups is 2. The molecule has 0 spiro atoms. The standard InChI is InChI=1S/C16H31N3O4/c1-7-6-10(18)15(14(21)13(7)20)23-16-9(17)4-5-11(22-16)12(19)8-2-3-8/h7-16,20-21H,2-6,17-19H2,1H3/t7-,9-,10+,11+,12-,13+,14-,15-,16-/m1/s1. The molecule has 0 bridgehead atoms. The quantitative estimate of drug-likeness (QED) is 0.447. The van der Waals surface area contributed by atoms with E-state index < -0.39 is 24.6 Å². The highest BCUT2D eigenvalue weighted by Crippen LogP contribution is 2.37. The molecule has 7 nitrogen and oxygen atoms in total. The zero-order valence-electron chi connectivity index (χ0n) is 13.8. The van der Waals surface area contributed by atoms with Crippen molar-refractivity contribution in [3.05, 3.63) is 0 Å². The van der Waals surface area contributed by atoms with Crippen molar-refractivity contribution in [3.8, 4) is 0 Å². The largest absolute Gasteiger partial charge is 0.390 e. The Labute approximate surface area is 137 Å². The molecule has 2 saturated carbocycles. The summed E-state index contributed by atoms with van der Waals surface area (Å²) in [6.07, 6.45) is 1.28. The molecule has 0 aromatic rings. The summed E-state index contributed by atoms with van der Waals surface area (Å²) in [6, 6.07) is -0.602. The van der Waals surface area contributed by atoms with Crippen molar-refractivity contribution >= 4 is 0 Å². The lowest BCUT2D eigenvalue weighted by molar-refractivity contribution is -0.258. The Morgan fingerprint density at radius 2 is 1.74 bits per heavy atom. The molecule has 9 atom stereocenters. The molecular formula is C16H31N3O4. The molecule has 3 fully saturated rings. The van der Waals surface area contributed by atoms with Gasteiger partial charge in [-0.2, -0.15) is 0 Å². The first kappa shape index (κ1) is 17.5. The number of rotatable bonds is 4. The molecule has 0 aromatic heterocycles. The van der Waals surface area contributed by atoms with Crippen LogP contribution in [0.3, 0.4) is 0 Å². The molecule has 1 aliphatic heterocycles. The van der Waals surface area contributed by atoms with Gasteiger partial charge in [0, 0.05) is 12.1 Å². The third kappa shape index (κ3) is 3.71. The van der Waals surface area contributed by atoms with E-state index in [9.17, 15) is 10.2 Å². The summed E-state index contributed by atoms with van der Waals surface area (Å²) in [7, 11) is 0. The summed E-state index contributed by atoms with van der Waals surface area (Å²) in [5.74, 6) is 0.483. The van der Waals surface area contributed by atoms with Crippen LogP contribution >= 0.6 is 0 Å². The Morgan fingerprint density at radius 3 is 2.39 bits per heavy atom. The van der Waals surface area contributed by atoms with Crippen molar-refractivity contribution in [1.82, 2.24) is 0 Å². The van der Waals surface area contributed by atoms with Gasteiger partial charge < -0.3 is 36.9 Å². The average Bonchev–Trinajstić information content (AvgIpc) is 3.35. The molecular weight excluding hydrogens is 298 g/mol. The van der Waals surface area contributed by atoms with Crippen LogP contribution in [0, 0.1) is 11.8 Å². The average molecular weight is 329 g/mol. The third-order valence-electron chi connectivity index (χ3n) is 5.67. The predicted molar refractivity (Wildman–Crippen MR) is 85.2 cm³/mol.